The third-order valence-electron chi connectivity index (χ3n) is 5.86. The van der Waals surface area contributed by atoms with Crippen LogP contribution in [0, 0.1) is 0 Å². The zero-order chi connectivity index (χ0) is 24.0. The summed E-state index contributed by atoms with van der Waals surface area (Å²) in [5, 5.41) is 13.3. The number of nitrogens with zero attached hydrogens (tertiary/aromatic N) is 3. The molecule has 1 aliphatic carbocycles. The Labute approximate surface area is 213 Å². The largest absolute Gasteiger partial charge is 0.457 e. The second-order valence-corrected chi connectivity index (χ2v) is 9.77. The molecule has 1 fully saturated rings. The fraction of sp³-hybridized carbons (Fsp3) is 0.222. The molecule has 0 unspecified atom stereocenters. The van der Waals surface area contributed by atoms with Crippen molar-refractivity contribution in [3.8, 4) is 28.6 Å². The minimum Gasteiger partial charge on any atom is -0.457 e. The molecule has 1 aromatic heterocycles. The topological polar surface area (TPSA) is 69.0 Å². The Morgan fingerprint density at radius 3 is 2.34 bits per heavy atom. The highest BCUT2D eigenvalue weighted by atomic mass is 35.5. The van der Waals surface area contributed by atoms with Crippen molar-refractivity contribution in [2.24, 2.45) is 0 Å². The first kappa shape index (κ1) is 23.5. The smallest absolute Gasteiger partial charge is 0.230 e. The summed E-state index contributed by atoms with van der Waals surface area (Å²) in [5.74, 6) is 2.49. The highest BCUT2D eigenvalue weighted by Crippen LogP contribution is 2.30. The third-order valence-corrected chi connectivity index (χ3v) is 7.04. The van der Waals surface area contributed by atoms with Gasteiger partial charge in [-0.2, -0.15) is 0 Å². The van der Waals surface area contributed by atoms with Gasteiger partial charge in [0.15, 0.2) is 11.0 Å². The molecule has 1 N–H and O–H groups in total. The lowest BCUT2D eigenvalue weighted by atomic mass is 10.2. The maximum absolute atomic E-state index is 12.5. The average molecular weight is 505 g/mol. The maximum atomic E-state index is 12.5. The summed E-state index contributed by atoms with van der Waals surface area (Å²) in [5.41, 5.74) is 1.76. The molecule has 3 aromatic carbocycles. The number of nitrogens with one attached hydrogen (secondary N) is 1. The molecule has 1 heterocycles. The lowest BCUT2D eigenvalue weighted by Gasteiger charge is -2.13. The lowest BCUT2D eigenvalue weighted by Crippen LogP contribution is -2.33. The van der Waals surface area contributed by atoms with E-state index in [-0.39, 0.29) is 11.7 Å². The molecule has 1 aliphatic rings. The van der Waals surface area contributed by atoms with E-state index in [4.69, 9.17) is 16.3 Å². The molecule has 0 saturated heterocycles. The van der Waals surface area contributed by atoms with E-state index in [0.29, 0.717) is 22.0 Å². The van der Waals surface area contributed by atoms with Gasteiger partial charge in [0.2, 0.25) is 5.91 Å². The first-order valence-electron chi connectivity index (χ1n) is 11.6. The van der Waals surface area contributed by atoms with Crippen LogP contribution in [0.3, 0.4) is 0 Å². The summed E-state index contributed by atoms with van der Waals surface area (Å²) < 4.78 is 7.90. The van der Waals surface area contributed by atoms with Crippen LogP contribution in [0.15, 0.2) is 84.0 Å². The van der Waals surface area contributed by atoms with E-state index >= 15 is 0 Å². The number of rotatable bonds is 8. The van der Waals surface area contributed by atoms with Crippen molar-refractivity contribution in [2.45, 2.75) is 36.9 Å². The molecule has 8 heteroatoms. The molecule has 0 spiro atoms. The average Bonchev–Trinajstić information content (AvgIpc) is 3.54. The Balaban J connectivity index is 1.40. The highest BCUT2D eigenvalue weighted by molar-refractivity contribution is 7.99. The second-order valence-electron chi connectivity index (χ2n) is 8.40. The fourth-order valence-corrected chi connectivity index (χ4v) is 5.03. The van der Waals surface area contributed by atoms with E-state index in [1.807, 2.05) is 83.4 Å². The van der Waals surface area contributed by atoms with E-state index in [1.165, 1.54) is 24.6 Å². The number of amides is 1. The van der Waals surface area contributed by atoms with Gasteiger partial charge in [0.25, 0.3) is 0 Å². The summed E-state index contributed by atoms with van der Waals surface area (Å²) in [6.07, 6.45) is 4.48. The molecular weight excluding hydrogens is 480 g/mol. The Morgan fingerprint density at radius 1 is 0.943 bits per heavy atom. The van der Waals surface area contributed by atoms with Crippen molar-refractivity contribution < 1.29 is 9.53 Å². The van der Waals surface area contributed by atoms with Crippen LogP contribution >= 0.6 is 23.4 Å². The van der Waals surface area contributed by atoms with Crippen LogP contribution in [0.5, 0.6) is 11.5 Å². The van der Waals surface area contributed by atoms with Crippen molar-refractivity contribution in [1.29, 1.82) is 0 Å². The first-order chi connectivity index (χ1) is 17.2. The number of hydrogen-bond donors (Lipinski definition) is 1. The van der Waals surface area contributed by atoms with Crippen LogP contribution in [-0.4, -0.2) is 32.5 Å². The van der Waals surface area contributed by atoms with Crippen LogP contribution in [0.25, 0.3) is 17.1 Å². The number of thioether (sulfide) groups is 1. The molecule has 35 heavy (non-hydrogen) atoms. The summed E-state index contributed by atoms with van der Waals surface area (Å²) in [7, 11) is 0. The SMILES string of the molecule is O=C(CSc1nnc(-c2ccc(Cl)cc2)n1-c1ccc(Oc2ccccc2)cc1)NC1CCCC1. The highest BCUT2D eigenvalue weighted by Gasteiger charge is 2.20. The molecule has 178 valence electrons. The van der Waals surface area contributed by atoms with Gasteiger partial charge in [0.05, 0.1) is 5.75 Å². The normalized spacial score (nSPS) is 13.6. The molecular formula is C27H25ClN4O2S. The number of para-hydroxylation sites is 1. The van der Waals surface area contributed by atoms with E-state index in [1.54, 1.807) is 0 Å². The predicted octanol–water partition coefficient (Wildman–Crippen LogP) is 6.53. The Bertz CT molecular complexity index is 1270. The Morgan fingerprint density at radius 2 is 1.63 bits per heavy atom. The van der Waals surface area contributed by atoms with E-state index in [0.717, 1.165) is 35.6 Å². The Kier molecular flexibility index (Phi) is 7.35. The minimum absolute atomic E-state index is 0.0242. The van der Waals surface area contributed by atoms with Gasteiger partial charge in [-0.25, -0.2) is 0 Å². The second kappa shape index (κ2) is 11.0. The van der Waals surface area contributed by atoms with Gasteiger partial charge in [0, 0.05) is 22.3 Å². The molecule has 0 atom stereocenters. The van der Waals surface area contributed by atoms with Gasteiger partial charge in [-0.1, -0.05) is 54.4 Å². The van der Waals surface area contributed by atoms with Crippen molar-refractivity contribution >= 4 is 29.3 Å². The molecule has 4 aromatic rings. The van der Waals surface area contributed by atoms with Crippen LogP contribution in [0.1, 0.15) is 25.7 Å². The Hall–Kier alpha value is -3.29. The van der Waals surface area contributed by atoms with Crippen LogP contribution < -0.4 is 10.1 Å². The third kappa shape index (κ3) is 5.86. The molecule has 1 saturated carbocycles. The van der Waals surface area contributed by atoms with Crippen molar-refractivity contribution in [3.05, 3.63) is 83.9 Å². The van der Waals surface area contributed by atoms with Gasteiger partial charge in [0.1, 0.15) is 11.5 Å². The van der Waals surface area contributed by atoms with Crippen molar-refractivity contribution in [1.82, 2.24) is 20.1 Å². The zero-order valence-corrected chi connectivity index (χ0v) is 20.6. The molecule has 6 nitrogen and oxygen atoms in total. The fourth-order valence-electron chi connectivity index (χ4n) is 4.14. The molecule has 5 rings (SSSR count). The summed E-state index contributed by atoms with van der Waals surface area (Å²) in [4.78, 5) is 12.5. The van der Waals surface area contributed by atoms with Crippen LogP contribution in [0.2, 0.25) is 5.02 Å². The maximum Gasteiger partial charge on any atom is 0.230 e. The molecule has 0 bridgehead atoms. The van der Waals surface area contributed by atoms with Crippen LogP contribution in [0.4, 0.5) is 0 Å². The van der Waals surface area contributed by atoms with E-state index in [2.05, 4.69) is 15.5 Å². The van der Waals surface area contributed by atoms with Gasteiger partial charge >= 0.3 is 0 Å². The van der Waals surface area contributed by atoms with Gasteiger partial charge in [-0.05, 0) is 73.5 Å². The van der Waals surface area contributed by atoms with E-state index < -0.39 is 0 Å². The first-order valence-corrected chi connectivity index (χ1v) is 13.0. The summed E-state index contributed by atoms with van der Waals surface area (Å²) >= 11 is 7.47. The number of carbonyl (C=O) groups excluding carboxylic acids is 1. The van der Waals surface area contributed by atoms with E-state index in [9.17, 15) is 4.79 Å². The van der Waals surface area contributed by atoms with Gasteiger partial charge < -0.3 is 10.1 Å². The monoisotopic (exact) mass is 504 g/mol. The number of benzene rings is 3. The van der Waals surface area contributed by atoms with Crippen LogP contribution in [-0.2, 0) is 4.79 Å². The number of halogens is 1. The van der Waals surface area contributed by atoms with Crippen molar-refractivity contribution in [3.63, 3.8) is 0 Å². The molecule has 1 amide bonds. The van der Waals surface area contributed by atoms with Gasteiger partial charge in [-0.15, -0.1) is 10.2 Å². The summed E-state index contributed by atoms with van der Waals surface area (Å²) in [6.45, 7) is 0. The molecule has 0 radical (unpaired) electrons. The van der Waals surface area contributed by atoms with Gasteiger partial charge in [-0.3, -0.25) is 9.36 Å². The predicted molar refractivity (Wildman–Crippen MR) is 139 cm³/mol. The standard InChI is InChI=1S/C27H25ClN4O2S/c28-20-12-10-19(11-13-20)26-30-31-27(35-18-25(33)29-21-6-4-5-7-21)32(26)22-14-16-24(17-15-22)34-23-8-2-1-3-9-23/h1-3,8-17,21H,4-7,18H2,(H,29,33). The minimum atomic E-state index is 0.0242. The van der Waals surface area contributed by atoms with Crippen molar-refractivity contribution in [2.75, 3.05) is 5.75 Å². The molecule has 0 aliphatic heterocycles. The quantitative estimate of drug-likeness (QED) is 0.276. The summed E-state index contributed by atoms with van der Waals surface area (Å²) in [6, 6.07) is 25.2. The number of carbonyl (C=O) groups is 1. The zero-order valence-electron chi connectivity index (χ0n) is 19.1. The number of aromatic nitrogens is 3. The number of ether oxygens (including phenoxy) is 1. The number of hydrogen-bond acceptors (Lipinski definition) is 5. The lowest BCUT2D eigenvalue weighted by molar-refractivity contribution is -0.119.